The fourth-order valence-corrected chi connectivity index (χ4v) is 3.09. The Balaban J connectivity index is 2.21. The van der Waals surface area contributed by atoms with Gasteiger partial charge in [-0.1, -0.05) is 0 Å². The van der Waals surface area contributed by atoms with Gasteiger partial charge in [0.05, 0.1) is 25.4 Å². The molecule has 0 aliphatic carbocycles. The van der Waals surface area contributed by atoms with Crippen molar-refractivity contribution in [3.8, 4) is 17.2 Å². The Labute approximate surface area is 182 Å². The number of nitrogens with one attached hydrogen (secondary N) is 2. The summed E-state index contributed by atoms with van der Waals surface area (Å²) in [5.41, 5.74) is 4.51. The molecule has 2 aromatic rings. The van der Waals surface area contributed by atoms with Gasteiger partial charge in [-0.3, -0.25) is 20.4 Å². The first-order chi connectivity index (χ1) is 14.9. The van der Waals surface area contributed by atoms with Crippen molar-refractivity contribution in [2.75, 3.05) is 19.8 Å². The van der Waals surface area contributed by atoms with E-state index in [0.717, 1.165) is 0 Å². The SMILES string of the molecule is CCOc1cc(C(=O)NNC(=O)c2cccnc2SC(F)F)cc(OCC)c1OCC. The van der Waals surface area contributed by atoms with Crippen LogP contribution in [0.3, 0.4) is 0 Å². The van der Waals surface area contributed by atoms with Gasteiger partial charge in [-0.2, -0.15) is 8.78 Å². The molecule has 0 aliphatic heterocycles. The van der Waals surface area contributed by atoms with Gasteiger partial charge in [0.25, 0.3) is 17.6 Å². The van der Waals surface area contributed by atoms with Gasteiger partial charge in [0.2, 0.25) is 5.75 Å². The Morgan fingerprint density at radius 1 is 1.00 bits per heavy atom. The van der Waals surface area contributed by atoms with E-state index in [1.165, 1.54) is 30.5 Å². The zero-order valence-electron chi connectivity index (χ0n) is 17.2. The van der Waals surface area contributed by atoms with E-state index >= 15 is 0 Å². The Bertz CT molecular complexity index is 887. The van der Waals surface area contributed by atoms with E-state index in [-0.39, 0.29) is 27.9 Å². The first-order valence-corrected chi connectivity index (χ1v) is 10.4. The quantitative estimate of drug-likeness (QED) is 0.417. The van der Waals surface area contributed by atoms with Crippen molar-refractivity contribution >= 4 is 23.6 Å². The van der Waals surface area contributed by atoms with Gasteiger partial charge in [0, 0.05) is 11.8 Å². The van der Waals surface area contributed by atoms with Crippen molar-refractivity contribution in [3.63, 3.8) is 0 Å². The van der Waals surface area contributed by atoms with Crippen LogP contribution in [0.25, 0.3) is 0 Å². The zero-order valence-corrected chi connectivity index (χ0v) is 18.1. The largest absolute Gasteiger partial charge is 0.490 e. The third kappa shape index (κ3) is 6.71. The molecule has 1 aromatic carbocycles. The Hall–Kier alpha value is -3.08. The number of nitrogens with zero attached hydrogens (tertiary/aromatic N) is 1. The topological polar surface area (TPSA) is 98.8 Å². The fraction of sp³-hybridized carbons (Fsp3) is 0.350. The van der Waals surface area contributed by atoms with Crippen LogP contribution in [0.2, 0.25) is 0 Å². The van der Waals surface area contributed by atoms with Crippen molar-refractivity contribution in [1.82, 2.24) is 15.8 Å². The number of alkyl halides is 2. The molecule has 2 N–H and O–H groups in total. The summed E-state index contributed by atoms with van der Waals surface area (Å²) in [5.74, 6) is -3.19. The predicted octanol–water partition coefficient (Wildman–Crippen LogP) is 3.67. The van der Waals surface area contributed by atoms with Gasteiger partial charge in [0.1, 0.15) is 5.03 Å². The van der Waals surface area contributed by atoms with E-state index in [4.69, 9.17) is 14.2 Å². The molecule has 2 rings (SSSR count). The molecule has 0 unspecified atom stereocenters. The van der Waals surface area contributed by atoms with E-state index in [1.807, 2.05) is 0 Å². The highest BCUT2D eigenvalue weighted by molar-refractivity contribution is 7.99. The average molecular weight is 455 g/mol. The number of hydrogen-bond donors (Lipinski definition) is 2. The third-order valence-corrected chi connectivity index (χ3v) is 4.40. The monoisotopic (exact) mass is 455 g/mol. The highest BCUT2D eigenvalue weighted by Gasteiger charge is 2.20. The lowest BCUT2D eigenvalue weighted by Gasteiger charge is -2.17. The van der Waals surface area contributed by atoms with Crippen LogP contribution in [0.1, 0.15) is 41.5 Å². The minimum Gasteiger partial charge on any atom is -0.490 e. The molecule has 0 aliphatic rings. The number of carbonyl (C=O) groups is 2. The number of aromatic nitrogens is 1. The molecule has 11 heteroatoms. The normalized spacial score (nSPS) is 10.5. The lowest BCUT2D eigenvalue weighted by atomic mass is 10.1. The summed E-state index contributed by atoms with van der Waals surface area (Å²) in [5, 5.41) is -0.150. The average Bonchev–Trinajstić information content (AvgIpc) is 2.74. The van der Waals surface area contributed by atoms with E-state index in [2.05, 4.69) is 15.8 Å². The molecule has 0 spiro atoms. The number of benzene rings is 1. The van der Waals surface area contributed by atoms with Gasteiger partial charge in [-0.15, -0.1) is 0 Å². The Morgan fingerprint density at radius 3 is 2.13 bits per heavy atom. The molecule has 8 nitrogen and oxygen atoms in total. The van der Waals surface area contributed by atoms with Gasteiger partial charge < -0.3 is 14.2 Å². The van der Waals surface area contributed by atoms with Gasteiger partial charge in [0.15, 0.2) is 11.5 Å². The van der Waals surface area contributed by atoms with E-state index < -0.39 is 17.6 Å². The number of halogens is 2. The van der Waals surface area contributed by atoms with Crippen LogP contribution >= 0.6 is 11.8 Å². The minimum absolute atomic E-state index is 0.0928. The Morgan fingerprint density at radius 2 is 1.58 bits per heavy atom. The number of rotatable bonds is 10. The summed E-state index contributed by atoms with van der Waals surface area (Å²) in [7, 11) is 0. The summed E-state index contributed by atoms with van der Waals surface area (Å²) in [6.07, 6.45) is 1.30. The number of pyridine rings is 1. The molecule has 0 bridgehead atoms. The molecule has 2 amide bonds. The highest BCUT2D eigenvalue weighted by atomic mass is 32.2. The van der Waals surface area contributed by atoms with Gasteiger partial charge >= 0.3 is 0 Å². The molecule has 0 fully saturated rings. The molecule has 1 heterocycles. The first kappa shape index (κ1) is 24.2. The van der Waals surface area contributed by atoms with E-state index in [1.54, 1.807) is 20.8 Å². The lowest BCUT2D eigenvalue weighted by Crippen LogP contribution is -2.41. The van der Waals surface area contributed by atoms with Gasteiger partial charge in [-0.05, 0) is 56.8 Å². The molecule has 0 saturated heterocycles. The second-order valence-corrected chi connectivity index (χ2v) is 6.72. The number of ether oxygens (including phenoxy) is 3. The van der Waals surface area contributed by atoms with Crippen molar-refractivity contribution in [2.45, 2.75) is 31.6 Å². The fourth-order valence-electron chi connectivity index (χ4n) is 2.51. The van der Waals surface area contributed by atoms with Crippen molar-refractivity contribution in [1.29, 1.82) is 0 Å². The molecule has 0 saturated carbocycles. The second kappa shape index (κ2) is 11.9. The molecule has 168 valence electrons. The van der Waals surface area contributed by atoms with Crippen molar-refractivity contribution < 1.29 is 32.6 Å². The zero-order chi connectivity index (χ0) is 22.8. The van der Waals surface area contributed by atoms with E-state index in [0.29, 0.717) is 37.1 Å². The summed E-state index contributed by atoms with van der Waals surface area (Å²) in [6.45, 7) is 6.41. The maximum Gasteiger partial charge on any atom is 0.290 e. The predicted molar refractivity (Wildman–Crippen MR) is 111 cm³/mol. The highest BCUT2D eigenvalue weighted by Crippen LogP contribution is 2.39. The van der Waals surface area contributed by atoms with Crippen LogP contribution in [0.15, 0.2) is 35.5 Å². The molecular formula is C20H23F2N3O5S. The Kier molecular flexibility index (Phi) is 9.32. The summed E-state index contributed by atoms with van der Waals surface area (Å²) >= 11 is 0.140. The van der Waals surface area contributed by atoms with Crippen LogP contribution in [0.4, 0.5) is 8.78 Å². The lowest BCUT2D eigenvalue weighted by molar-refractivity contribution is 0.0844. The van der Waals surface area contributed by atoms with Crippen LogP contribution in [-0.2, 0) is 0 Å². The molecule has 0 radical (unpaired) electrons. The number of carbonyl (C=O) groups excluding carboxylic acids is 2. The number of hydrogen-bond acceptors (Lipinski definition) is 7. The summed E-state index contributed by atoms with van der Waals surface area (Å²) in [4.78, 5) is 28.8. The third-order valence-electron chi connectivity index (χ3n) is 3.68. The molecular weight excluding hydrogens is 432 g/mol. The molecule has 1 aromatic heterocycles. The number of hydrazine groups is 1. The number of thioether (sulfide) groups is 1. The van der Waals surface area contributed by atoms with Crippen LogP contribution in [-0.4, -0.2) is 42.4 Å². The van der Waals surface area contributed by atoms with Crippen LogP contribution in [0.5, 0.6) is 17.2 Å². The maximum atomic E-state index is 12.7. The van der Waals surface area contributed by atoms with Crippen molar-refractivity contribution in [2.24, 2.45) is 0 Å². The van der Waals surface area contributed by atoms with Crippen LogP contribution < -0.4 is 25.1 Å². The molecule has 0 atom stereocenters. The van der Waals surface area contributed by atoms with Crippen LogP contribution in [0, 0.1) is 0 Å². The smallest absolute Gasteiger partial charge is 0.290 e. The number of amides is 2. The minimum atomic E-state index is -2.74. The van der Waals surface area contributed by atoms with Gasteiger partial charge in [-0.25, -0.2) is 4.98 Å². The standard InChI is InChI=1S/C20H23F2N3O5S/c1-4-28-14-10-12(11-15(29-5-2)16(14)30-6-3)17(26)24-25-18(27)13-8-7-9-23-19(13)31-20(21)22/h7-11,20H,4-6H2,1-3H3,(H,24,26)(H,25,27). The van der Waals surface area contributed by atoms with Crippen molar-refractivity contribution in [3.05, 3.63) is 41.6 Å². The molecule has 31 heavy (non-hydrogen) atoms. The summed E-state index contributed by atoms with van der Waals surface area (Å²) in [6, 6.07) is 5.68. The first-order valence-electron chi connectivity index (χ1n) is 9.48. The van der Waals surface area contributed by atoms with E-state index in [9.17, 15) is 18.4 Å². The summed E-state index contributed by atoms with van der Waals surface area (Å²) < 4.78 is 42.1. The maximum absolute atomic E-state index is 12.7. The second-order valence-electron chi connectivity index (χ2n) is 5.74.